The fraction of sp³-hybridized carbons (Fsp3) is 0.917. The van der Waals surface area contributed by atoms with Crippen molar-refractivity contribution in [2.75, 3.05) is 19.7 Å². The molecule has 0 unspecified atom stereocenters. The third-order valence-corrected chi connectivity index (χ3v) is 2.17. The molecular formula is C12H25NO2. The first-order valence-corrected chi connectivity index (χ1v) is 6.03. The highest BCUT2D eigenvalue weighted by atomic mass is 16.5. The van der Waals surface area contributed by atoms with E-state index in [1.807, 2.05) is 0 Å². The Bertz CT molecular complexity index is 158. The monoisotopic (exact) mass is 215 g/mol. The summed E-state index contributed by atoms with van der Waals surface area (Å²) < 4.78 is 5.03. The van der Waals surface area contributed by atoms with Crippen LogP contribution in [0.15, 0.2) is 0 Å². The molecule has 0 radical (unpaired) electrons. The predicted molar refractivity (Wildman–Crippen MR) is 62.8 cm³/mol. The van der Waals surface area contributed by atoms with Gasteiger partial charge in [0.15, 0.2) is 0 Å². The lowest BCUT2D eigenvalue weighted by atomic mass is 10.1. The second kappa shape index (κ2) is 9.97. The summed E-state index contributed by atoms with van der Waals surface area (Å²) in [5, 5.41) is 3.24. The van der Waals surface area contributed by atoms with Gasteiger partial charge in [-0.3, -0.25) is 4.79 Å². The summed E-state index contributed by atoms with van der Waals surface area (Å²) in [7, 11) is 0. The highest BCUT2D eigenvalue weighted by Crippen LogP contribution is 1.96. The molecule has 0 aliphatic carbocycles. The Hall–Kier alpha value is -0.570. The van der Waals surface area contributed by atoms with Crippen molar-refractivity contribution in [3.05, 3.63) is 0 Å². The number of rotatable bonds is 9. The highest BCUT2D eigenvalue weighted by Gasteiger charge is 2.01. The zero-order chi connectivity index (χ0) is 11.5. The van der Waals surface area contributed by atoms with Crippen molar-refractivity contribution in [2.24, 2.45) is 5.92 Å². The molecule has 0 atom stereocenters. The molecule has 0 spiro atoms. The molecule has 0 aromatic rings. The van der Waals surface area contributed by atoms with Crippen LogP contribution >= 0.6 is 0 Å². The molecular weight excluding hydrogens is 190 g/mol. The minimum Gasteiger partial charge on any atom is -0.466 e. The third kappa shape index (κ3) is 11.4. The first-order valence-electron chi connectivity index (χ1n) is 6.03. The van der Waals surface area contributed by atoms with Crippen LogP contribution < -0.4 is 5.32 Å². The zero-order valence-electron chi connectivity index (χ0n) is 10.3. The molecule has 0 fully saturated rings. The first-order chi connectivity index (χ1) is 7.16. The van der Waals surface area contributed by atoms with Gasteiger partial charge in [-0.25, -0.2) is 0 Å². The van der Waals surface area contributed by atoms with Crippen LogP contribution in [0.3, 0.4) is 0 Å². The lowest BCUT2D eigenvalue weighted by Crippen LogP contribution is -2.21. The number of esters is 1. The highest BCUT2D eigenvalue weighted by molar-refractivity contribution is 5.69. The van der Waals surface area contributed by atoms with E-state index in [2.05, 4.69) is 26.1 Å². The molecule has 0 rings (SSSR count). The van der Waals surface area contributed by atoms with Crippen LogP contribution in [0.1, 0.15) is 46.5 Å². The van der Waals surface area contributed by atoms with Crippen molar-refractivity contribution in [2.45, 2.75) is 46.5 Å². The largest absolute Gasteiger partial charge is 0.466 e. The maximum Gasteiger partial charge on any atom is 0.307 e. The summed E-state index contributed by atoms with van der Waals surface area (Å²) in [6.45, 7) is 8.77. The Morgan fingerprint density at radius 1 is 1.33 bits per heavy atom. The molecule has 0 aromatic carbocycles. The molecule has 90 valence electrons. The van der Waals surface area contributed by atoms with Crippen LogP contribution in [0.2, 0.25) is 0 Å². The number of nitrogens with one attached hydrogen (secondary N) is 1. The number of unbranched alkanes of at least 4 members (excludes halogenated alkanes) is 1. The maximum absolute atomic E-state index is 11.2. The molecule has 0 amide bonds. The van der Waals surface area contributed by atoms with E-state index >= 15 is 0 Å². The fourth-order valence-corrected chi connectivity index (χ4v) is 1.11. The average molecular weight is 215 g/mol. The van der Waals surface area contributed by atoms with E-state index in [-0.39, 0.29) is 5.97 Å². The van der Waals surface area contributed by atoms with Gasteiger partial charge in [0.1, 0.15) is 0 Å². The quantitative estimate of drug-likeness (QED) is 0.474. The topological polar surface area (TPSA) is 38.3 Å². The molecule has 0 aliphatic heterocycles. The van der Waals surface area contributed by atoms with E-state index in [0.717, 1.165) is 32.4 Å². The Morgan fingerprint density at radius 3 is 2.67 bits per heavy atom. The van der Waals surface area contributed by atoms with Crippen LogP contribution in [0, 0.1) is 5.92 Å². The summed E-state index contributed by atoms with van der Waals surface area (Å²) in [6, 6.07) is 0. The van der Waals surface area contributed by atoms with Crippen LogP contribution in [-0.4, -0.2) is 25.7 Å². The van der Waals surface area contributed by atoms with Crippen molar-refractivity contribution in [1.29, 1.82) is 0 Å². The Morgan fingerprint density at radius 2 is 2.07 bits per heavy atom. The second-order valence-corrected chi connectivity index (χ2v) is 4.26. The molecule has 0 bridgehead atoms. The first kappa shape index (κ1) is 14.4. The molecule has 0 heterocycles. The van der Waals surface area contributed by atoms with E-state index < -0.39 is 0 Å². The number of hydrogen-bond donors (Lipinski definition) is 1. The van der Waals surface area contributed by atoms with E-state index in [0.29, 0.717) is 18.9 Å². The lowest BCUT2D eigenvalue weighted by molar-refractivity contribution is -0.143. The molecule has 1 N–H and O–H groups in total. The van der Waals surface area contributed by atoms with Gasteiger partial charge in [0.05, 0.1) is 13.0 Å². The van der Waals surface area contributed by atoms with Crippen molar-refractivity contribution >= 4 is 5.97 Å². The minimum atomic E-state index is -0.0829. The Balaban J connectivity index is 3.17. The molecule has 3 heteroatoms. The Kier molecular flexibility index (Phi) is 9.59. The molecule has 0 aromatic heterocycles. The Labute approximate surface area is 93.6 Å². The molecule has 0 saturated carbocycles. The second-order valence-electron chi connectivity index (χ2n) is 4.26. The van der Waals surface area contributed by atoms with Crippen LogP contribution in [0.5, 0.6) is 0 Å². The molecule has 0 aliphatic rings. The molecule has 15 heavy (non-hydrogen) atoms. The summed E-state index contributed by atoms with van der Waals surface area (Å²) in [5.41, 5.74) is 0. The average Bonchev–Trinajstić information content (AvgIpc) is 2.17. The van der Waals surface area contributed by atoms with Crippen molar-refractivity contribution < 1.29 is 9.53 Å². The number of ether oxygens (including phenoxy) is 1. The lowest BCUT2D eigenvalue weighted by Gasteiger charge is -2.07. The van der Waals surface area contributed by atoms with Gasteiger partial charge in [0.25, 0.3) is 0 Å². The summed E-state index contributed by atoms with van der Waals surface area (Å²) >= 11 is 0. The normalized spacial score (nSPS) is 10.7. The smallest absolute Gasteiger partial charge is 0.307 e. The number of carbonyl (C=O) groups excluding carboxylic acids is 1. The van der Waals surface area contributed by atoms with Gasteiger partial charge in [-0.05, 0) is 25.3 Å². The summed E-state index contributed by atoms with van der Waals surface area (Å²) in [5.74, 6) is 0.634. The number of carbonyl (C=O) groups is 1. The van der Waals surface area contributed by atoms with Crippen LogP contribution in [0.25, 0.3) is 0 Å². The molecule has 0 saturated heterocycles. The summed E-state index contributed by atoms with van der Waals surface area (Å²) in [6.07, 6.45) is 3.68. The van der Waals surface area contributed by atoms with Crippen molar-refractivity contribution in [1.82, 2.24) is 5.32 Å². The summed E-state index contributed by atoms with van der Waals surface area (Å²) in [4.78, 5) is 11.2. The van der Waals surface area contributed by atoms with Gasteiger partial charge in [0, 0.05) is 6.54 Å². The van der Waals surface area contributed by atoms with Gasteiger partial charge < -0.3 is 10.1 Å². The zero-order valence-corrected chi connectivity index (χ0v) is 10.3. The van der Waals surface area contributed by atoms with Crippen LogP contribution in [0.4, 0.5) is 0 Å². The standard InChI is InChI=1S/C12H25NO2/c1-4-5-10-15-12(14)7-9-13-8-6-11(2)3/h11,13H,4-10H2,1-3H3. The van der Waals surface area contributed by atoms with Gasteiger partial charge in [-0.1, -0.05) is 27.2 Å². The van der Waals surface area contributed by atoms with Gasteiger partial charge in [-0.15, -0.1) is 0 Å². The predicted octanol–water partition coefficient (Wildman–Crippen LogP) is 2.36. The van der Waals surface area contributed by atoms with E-state index in [4.69, 9.17) is 4.74 Å². The van der Waals surface area contributed by atoms with Gasteiger partial charge in [0.2, 0.25) is 0 Å². The van der Waals surface area contributed by atoms with E-state index in [1.165, 1.54) is 0 Å². The van der Waals surface area contributed by atoms with E-state index in [9.17, 15) is 4.79 Å². The maximum atomic E-state index is 11.2. The van der Waals surface area contributed by atoms with Crippen LogP contribution in [-0.2, 0) is 9.53 Å². The van der Waals surface area contributed by atoms with Gasteiger partial charge >= 0.3 is 5.97 Å². The minimum absolute atomic E-state index is 0.0829. The third-order valence-electron chi connectivity index (χ3n) is 2.17. The number of hydrogen-bond acceptors (Lipinski definition) is 3. The SMILES string of the molecule is CCCCOC(=O)CCNCCC(C)C. The van der Waals surface area contributed by atoms with E-state index in [1.54, 1.807) is 0 Å². The van der Waals surface area contributed by atoms with Gasteiger partial charge in [-0.2, -0.15) is 0 Å². The van der Waals surface area contributed by atoms with Crippen molar-refractivity contribution in [3.63, 3.8) is 0 Å². The fourth-order valence-electron chi connectivity index (χ4n) is 1.11. The van der Waals surface area contributed by atoms with Crippen molar-refractivity contribution in [3.8, 4) is 0 Å². The molecule has 3 nitrogen and oxygen atoms in total.